The number of nitrogens with one attached hydrogen (secondary N) is 1. The Bertz CT molecular complexity index is 1090. The van der Waals surface area contributed by atoms with Gasteiger partial charge in [0.1, 0.15) is 6.04 Å². The number of benzene rings is 2. The first-order valence-corrected chi connectivity index (χ1v) is 10.0. The molecular weight excluding hydrogens is 416 g/mol. The van der Waals surface area contributed by atoms with Crippen LogP contribution in [0.15, 0.2) is 79.1 Å². The third-order valence-corrected chi connectivity index (χ3v) is 5.17. The highest BCUT2D eigenvalue weighted by atomic mass is 35.5. The number of nitrogens with zero attached hydrogens (tertiary/aromatic N) is 3. The number of carbonyl (C=O) groups is 3. The Morgan fingerprint density at radius 3 is 2.42 bits per heavy atom. The minimum atomic E-state index is -0.930. The molecule has 0 saturated carbocycles. The lowest BCUT2D eigenvalue weighted by molar-refractivity contribution is -0.124. The van der Waals surface area contributed by atoms with Crippen LogP contribution >= 0.6 is 11.6 Å². The first-order chi connectivity index (χ1) is 15.0. The highest BCUT2D eigenvalue weighted by Gasteiger charge is 2.46. The number of hydrogen-bond acceptors (Lipinski definition) is 4. The molecule has 1 aromatic heterocycles. The van der Waals surface area contributed by atoms with Gasteiger partial charge in [-0.3, -0.25) is 14.6 Å². The summed E-state index contributed by atoms with van der Waals surface area (Å²) in [6.45, 7) is 0.167. The van der Waals surface area contributed by atoms with Gasteiger partial charge < -0.3 is 10.2 Å². The normalized spacial score (nSPS) is 16.0. The predicted octanol–water partition coefficient (Wildman–Crippen LogP) is 4.10. The molecule has 0 bridgehead atoms. The quantitative estimate of drug-likeness (QED) is 0.592. The average molecular weight is 435 g/mol. The molecule has 2 heterocycles. The van der Waals surface area contributed by atoms with E-state index in [1.165, 1.54) is 4.90 Å². The smallest absolute Gasteiger partial charge is 0.326 e. The zero-order valence-corrected chi connectivity index (χ0v) is 17.2. The maximum Gasteiger partial charge on any atom is 0.332 e. The van der Waals surface area contributed by atoms with Gasteiger partial charge in [-0.2, -0.15) is 0 Å². The minimum Gasteiger partial charge on any atom is -0.326 e. The van der Waals surface area contributed by atoms with Gasteiger partial charge in [-0.1, -0.05) is 35.9 Å². The monoisotopic (exact) mass is 434 g/mol. The van der Waals surface area contributed by atoms with Crippen LogP contribution in [-0.2, 0) is 16.1 Å². The molecule has 3 aromatic rings. The molecule has 1 saturated heterocycles. The molecule has 8 heteroatoms. The van der Waals surface area contributed by atoms with Crippen LogP contribution < -0.4 is 10.2 Å². The molecule has 2 aromatic carbocycles. The summed E-state index contributed by atoms with van der Waals surface area (Å²) >= 11 is 5.88. The zero-order valence-electron chi connectivity index (χ0n) is 16.4. The second-order valence-corrected chi connectivity index (χ2v) is 7.49. The first kappa shape index (κ1) is 20.6. The predicted molar refractivity (Wildman–Crippen MR) is 118 cm³/mol. The number of amides is 4. The molecule has 7 nitrogen and oxygen atoms in total. The fourth-order valence-electron chi connectivity index (χ4n) is 3.44. The summed E-state index contributed by atoms with van der Waals surface area (Å²) in [5.74, 6) is -0.814. The largest absolute Gasteiger partial charge is 0.332 e. The van der Waals surface area contributed by atoms with Crippen LogP contribution in [0.4, 0.5) is 16.2 Å². The van der Waals surface area contributed by atoms with Crippen LogP contribution in [0.1, 0.15) is 12.0 Å². The molecule has 0 spiro atoms. The lowest BCUT2D eigenvalue weighted by Gasteiger charge is -2.21. The van der Waals surface area contributed by atoms with E-state index in [0.717, 1.165) is 10.5 Å². The fraction of sp³-hybridized carbons (Fsp3) is 0.130. The van der Waals surface area contributed by atoms with Crippen molar-refractivity contribution in [3.63, 3.8) is 0 Å². The molecule has 1 N–H and O–H groups in total. The molecule has 0 aliphatic carbocycles. The summed E-state index contributed by atoms with van der Waals surface area (Å²) in [7, 11) is 0. The van der Waals surface area contributed by atoms with Crippen LogP contribution in [0.5, 0.6) is 0 Å². The number of para-hydroxylation sites is 1. The maximum absolute atomic E-state index is 13.2. The van der Waals surface area contributed by atoms with Gasteiger partial charge in [0.15, 0.2) is 0 Å². The van der Waals surface area contributed by atoms with E-state index in [-0.39, 0.29) is 18.9 Å². The molecule has 0 unspecified atom stereocenters. The van der Waals surface area contributed by atoms with Crippen LogP contribution in [-0.4, -0.2) is 33.8 Å². The fourth-order valence-corrected chi connectivity index (χ4v) is 3.56. The topological polar surface area (TPSA) is 82.6 Å². The van der Waals surface area contributed by atoms with E-state index in [4.69, 9.17) is 11.6 Å². The molecule has 1 atom stereocenters. The summed E-state index contributed by atoms with van der Waals surface area (Å²) in [6.07, 6.45) is 3.10. The van der Waals surface area contributed by atoms with E-state index in [9.17, 15) is 14.4 Å². The van der Waals surface area contributed by atoms with E-state index < -0.39 is 18.0 Å². The molecule has 1 aliphatic heterocycles. The van der Waals surface area contributed by atoms with E-state index in [1.54, 1.807) is 73.1 Å². The SMILES string of the molecule is O=C(C[C@H]1C(=O)N(c2ccccc2)C(=O)N1Cc1cccnc1)Nc1ccc(Cl)cc1. The molecule has 156 valence electrons. The van der Waals surface area contributed by atoms with Gasteiger partial charge >= 0.3 is 6.03 Å². The maximum atomic E-state index is 13.2. The Kier molecular flexibility index (Phi) is 5.95. The van der Waals surface area contributed by atoms with Crippen molar-refractivity contribution >= 4 is 40.8 Å². The van der Waals surface area contributed by atoms with Crippen molar-refractivity contribution < 1.29 is 14.4 Å². The highest BCUT2D eigenvalue weighted by molar-refractivity contribution is 6.30. The van der Waals surface area contributed by atoms with E-state index in [0.29, 0.717) is 16.4 Å². The van der Waals surface area contributed by atoms with E-state index >= 15 is 0 Å². The molecular formula is C23H19ClN4O3. The van der Waals surface area contributed by atoms with Gasteiger partial charge in [-0.05, 0) is 48.0 Å². The van der Waals surface area contributed by atoms with Crippen molar-refractivity contribution in [1.82, 2.24) is 9.88 Å². The van der Waals surface area contributed by atoms with E-state index in [2.05, 4.69) is 10.3 Å². The average Bonchev–Trinajstić information content (AvgIpc) is 3.00. The van der Waals surface area contributed by atoms with Crippen LogP contribution in [0.3, 0.4) is 0 Å². The lowest BCUT2D eigenvalue weighted by atomic mass is 10.1. The summed E-state index contributed by atoms with van der Waals surface area (Å²) < 4.78 is 0. The Morgan fingerprint density at radius 1 is 1.00 bits per heavy atom. The number of urea groups is 1. The van der Waals surface area contributed by atoms with Crippen LogP contribution in [0.25, 0.3) is 0 Å². The Balaban J connectivity index is 1.58. The number of pyridine rings is 1. The van der Waals surface area contributed by atoms with Gasteiger partial charge in [0, 0.05) is 29.6 Å². The van der Waals surface area contributed by atoms with Gasteiger partial charge in [-0.15, -0.1) is 0 Å². The van der Waals surface area contributed by atoms with Crippen LogP contribution in [0, 0.1) is 0 Å². The first-order valence-electron chi connectivity index (χ1n) is 9.67. The van der Waals surface area contributed by atoms with Crippen molar-refractivity contribution in [3.05, 3.63) is 89.7 Å². The highest BCUT2D eigenvalue weighted by Crippen LogP contribution is 2.28. The van der Waals surface area contributed by atoms with Crippen molar-refractivity contribution in [2.45, 2.75) is 19.0 Å². The van der Waals surface area contributed by atoms with Gasteiger partial charge in [0.05, 0.1) is 12.1 Å². The van der Waals surface area contributed by atoms with Gasteiger partial charge in [0.2, 0.25) is 5.91 Å². The number of halogens is 1. The third kappa shape index (κ3) is 4.57. The summed E-state index contributed by atoms with van der Waals surface area (Å²) in [4.78, 5) is 45.7. The summed E-state index contributed by atoms with van der Waals surface area (Å²) in [5.41, 5.74) is 1.79. The Labute approximate surface area is 184 Å². The molecule has 4 rings (SSSR count). The number of carbonyl (C=O) groups excluding carboxylic acids is 3. The Morgan fingerprint density at radius 2 is 1.74 bits per heavy atom. The summed E-state index contributed by atoms with van der Waals surface area (Å²) in [6, 6.07) is 17.5. The molecule has 31 heavy (non-hydrogen) atoms. The number of anilines is 2. The second-order valence-electron chi connectivity index (χ2n) is 7.06. The molecule has 1 fully saturated rings. The minimum absolute atomic E-state index is 0.167. The Hall–Kier alpha value is -3.71. The molecule has 0 radical (unpaired) electrons. The zero-order chi connectivity index (χ0) is 21.8. The van der Waals surface area contributed by atoms with Gasteiger partial charge in [0.25, 0.3) is 5.91 Å². The molecule has 4 amide bonds. The number of rotatable bonds is 6. The van der Waals surface area contributed by atoms with Crippen LogP contribution in [0.2, 0.25) is 5.02 Å². The van der Waals surface area contributed by atoms with Crippen molar-refractivity contribution in [1.29, 1.82) is 0 Å². The van der Waals surface area contributed by atoms with E-state index in [1.807, 2.05) is 6.07 Å². The van der Waals surface area contributed by atoms with Crippen molar-refractivity contribution in [3.8, 4) is 0 Å². The number of hydrogen-bond donors (Lipinski definition) is 1. The lowest BCUT2D eigenvalue weighted by Crippen LogP contribution is -2.37. The summed E-state index contributed by atoms with van der Waals surface area (Å²) in [5, 5.41) is 3.30. The second kappa shape index (κ2) is 8.97. The number of imide groups is 1. The number of aromatic nitrogens is 1. The third-order valence-electron chi connectivity index (χ3n) is 4.92. The molecule has 1 aliphatic rings. The standard InChI is InChI=1S/C23H19ClN4O3/c24-17-8-10-18(11-9-17)26-21(29)13-20-22(30)28(19-6-2-1-3-7-19)23(31)27(20)15-16-5-4-12-25-14-16/h1-12,14,20H,13,15H2,(H,26,29)/t20-/m0/s1. The van der Waals surface area contributed by atoms with Gasteiger partial charge in [-0.25, -0.2) is 9.69 Å². The van der Waals surface area contributed by atoms with Crippen molar-refractivity contribution in [2.75, 3.05) is 10.2 Å². The van der Waals surface area contributed by atoms with Crippen molar-refractivity contribution in [2.24, 2.45) is 0 Å².